The van der Waals surface area contributed by atoms with Gasteiger partial charge in [-0.2, -0.15) is 0 Å². The summed E-state index contributed by atoms with van der Waals surface area (Å²) < 4.78 is 5.65. The van der Waals surface area contributed by atoms with Gasteiger partial charge in [-0.1, -0.05) is 23.7 Å². The van der Waals surface area contributed by atoms with Crippen LogP contribution in [0.4, 0.5) is 0 Å². The van der Waals surface area contributed by atoms with Crippen molar-refractivity contribution in [3.8, 4) is 0 Å². The quantitative estimate of drug-likeness (QED) is 0.760. The van der Waals surface area contributed by atoms with Gasteiger partial charge in [-0.25, -0.2) is 0 Å². The number of piperidine rings is 1. The predicted molar refractivity (Wildman–Crippen MR) is 99.5 cm³/mol. The molecular weight excluding hydrogens is 352 g/mol. The normalized spacial score (nSPS) is 24.1. The molecule has 2 fully saturated rings. The Balaban J connectivity index is 1.70. The lowest BCUT2D eigenvalue weighted by Gasteiger charge is -2.30. The van der Waals surface area contributed by atoms with Crippen LogP contribution >= 0.6 is 11.6 Å². The Kier molecular flexibility index (Phi) is 5.00. The molecule has 1 aromatic rings. The van der Waals surface area contributed by atoms with Crippen LogP contribution in [-0.4, -0.2) is 54.0 Å². The van der Waals surface area contributed by atoms with E-state index in [1.165, 1.54) is 11.3 Å². The molecule has 5 nitrogen and oxygen atoms in total. The summed E-state index contributed by atoms with van der Waals surface area (Å²) in [7, 11) is 0. The second-order valence-electron chi connectivity index (χ2n) is 7.13. The molecule has 138 valence electrons. The summed E-state index contributed by atoms with van der Waals surface area (Å²) in [6, 6.07) is 7.17. The second-order valence-corrected chi connectivity index (χ2v) is 7.57. The minimum Gasteiger partial charge on any atom is -0.376 e. The fourth-order valence-electron chi connectivity index (χ4n) is 4.01. The molecule has 2 saturated heterocycles. The van der Waals surface area contributed by atoms with Crippen molar-refractivity contribution in [2.45, 2.75) is 38.2 Å². The SMILES string of the molecule is O=C1C(c2ccc(Cl)cc2)=C(N2CCCCC2)C(=O)N1CC1CCCO1. The van der Waals surface area contributed by atoms with Crippen LogP contribution in [0.3, 0.4) is 0 Å². The van der Waals surface area contributed by atoms with Crippen molar-refractivity contribution in [2.75, 3.05) is 26.2 Å². The Morgan fingerprint density at radius 2 is 1.73 bits per heavy atom. The maximum atomic E-state index is 13.2. The summed E-state index contributed by atoms with van der Waals surface area (Å²) in [4.78, 5) is 29.8. The number of nitrogens with zero attached hydrogens (tertiary/aromatic N) is 2. The highest BCUT2D eigenvalue weighted by molar-refractivity contribution is 6.36. The number of ether oxygens (including phenoxy) is 1. The summed E-state index contributed by atoms with van der Waals surface area (Å²) in [5.74, 6) is -0.397. The molecule has 0 spiro atoms. The molecule has 0 aromatic heterocycles. The van der Waals surface area contributed by atoms with E-state index in [2.05, 4.69) is 4.90 Å². The van der Waals surface area contributed by atoms with Gasteiger partial charge in [-0.3, -0.25) is 14.5 Å². The Hall–Kier alpha value is -1.85. The number of carbonyl (C=O) groups is 2. The van der Waals surface area contributed by atoms with E-state index in [4.69, 9.17) is 16.3 Å². The summed E-state index contributed by atoms with van der Waals surface area (Å²) in [6.45, 7) is 2.68. The van der Waals surface area contributed by atoms with Gasteiger partial charge in [-0.05, 0) is 49.8 Å². The molecule has 6 heteroatoms. The van der Waals surface area contributed by atoms with E-state index in [9.17, 15) is 9.59 Å². The molecule has 3 aliphatic rings. The van der Waals surface area contributed by atoms with Crippen molar-refractivity contribution < 1.29 is 14.3 Å². The van der Waals surface area contributed by atoms with E-state index in [0.717, 1.165) is 44.3 Å². The van der Waals surface area contributed by atoms with Crippen molar-refractivity contribution in [3.05, 3.63) is 40.5 Å². The minimum atomic E-state index is -0.214. The van der Waals surface area contributed by atoms with Crippen LogP contribution in [0.5, 0.6) is 0 Å². The van der Waals surface area contributed by atoms with E-state index >= 15 is 0 Å². The van der Waals surface area contributed by atoms with E-state index in [1.807, 2.05) is 12.1 Å². The van der Waals surface area contributed by atoms with E-state index in [-0.39, 0.29) is 17.9 Å². The molecule has 1 unspecified atom stereocenters. The van der Waals surface area contributed by atoms with Gasteiger partial charge >= 0.3 is 0 Å². The topological polar surface area (TPSA) is 49.9 Å². The largest absolute Gasteiger partial charge is 0.376 e. The monoisotopic (exact) mass is 374 g/mol. The third-order valence-corrected chi connectivity index (χ3v) is 5.61. The van der Waals surface area contributed by atoms with Crippen LogP contribution in [0.2, 0.25) is 5.02 Å². The van der Waals surface area contributed by atoms with Crippen LogP contribution < -0.4 is 0 Å². The van der Waals surface area contributed by atoms with Gasteiger partial charge in [0.1, 0.15) is 5.70 Å². The number of imide groups is 1. The van der Waals surface area contributed by atoms with Gasteiger partial charge < -0.3 is 9.64 Å². The van der Waals surface area contributed by atoms with Crippen LogP contribution in [0.25, 0.3) is 5.57 Å². The maximum Gasteiger partial charge on any atom is 0.277 e. The molecule has 1 aromatic carbocycles. The van der Waals surface area contributed by atoms with Crippen molar-refractivity contribution in [3.63, 3.8) is 0 Å². The third-order valence-electron chi connectivity index (χ3n) is 5.36. The lowest BCUT2D eigenvalue weighted by Crippen LogP contribution is -2.40. The lowest BCUT2D eigenvalue weighted by atomic mass is 10.0. The van der Waals surface area contributed by atoms with Crippen LogP contribution in [-0.2, 0) is 14.3 Å². The number of hydrogen-bond acceptors (Lipinski definition) is 4. The number of hydrogen-bond donors (Lipinski definition) is 0. The Morgan fingerprint density at radius 3 is 2.38 bits per heavy atom. The highest BCUT2D eigenvalue weighted by Gasteiger charge is 2.42. The highest BCUT2D eigenvalue weighted by Crippen LogP contribution is 2.34. The number of likely N-dealkylation sites (tertiary alicyclic amines) is 1. The van der Waals surface area contributed by atoms with Crippen molar-refractivity contribution in [2.24, 2.45) is 0 Å². The first kappa shape index (κ1) is 17.6. The number of benzene rings is 1. The summed E-state index contributed by atoms with van der Waals surface area (Å²) in [6.07, 6.45) is 5.09. The van der Waals surface area contributed by atoms with Gasteiger partial charge in [0.25, 0.3) is 11.8 Å². The highest BCUT2D eigenvalue weighted by atomic mass is 35.5. The molecule has 2 amide bonds. The van der Waals surface area contributed by atoms with Crippen LogP contribution in [0, 0.1) is 0 Å². The minimum absolute atomic E-state index is 0.0462. The second kappa shape index (κ2) is 7.41. The molecule has 0 aliphatic carbocycles. The zero-order valence-corrected chi connectivity index (χ0v) is 15.5. The van der Waals surface area contributed by atoms with Gasteiger partial charge in [0, 0.05) is 24.7 Å². The van der Waals surface area contributed by atoms with E-state index in [0.29, 0.717) is 29.4 Å². The molecule has 3 aliphatic heterocycles. The number of halogens is 1. The van der Waals surface area contributed by atoms with Crippen molar-refractivity contribution in [1.82, 2.24) is 9.80 Å². The molecule has 1 atom stereocenters. The fourth-order valence-corrected chi connectivity index (χ4v) is 4.13. The fraction of sp³-hybridized carbons (Fsp3) is 0.500. The smallest absolute Gasteiger partial charge is 0.277 e. The van der Waals surface area contributed by atoms with Crippen molar-refractivity contribution in [1.29, 1.82) is 0 Å². The van der Waals surface area contributed by atoms with Crippen molar-refractivity contribution >= 4 is 29.0 Å². The van der Waals surface area contributed by atoms with Gasteiger partial charge in [-0.15, -0.1) is 0 Å². The molecule has 0 saturated carbocycles. The zero-order chi connectivity index (χ0) is 18.1. The molecule has 26 heavy (non-hydrogen) atoms. The average Bonchev–Trinajstić information content (AvgIpc) is 3.25. The molecule has 0 radical (unpaired) electrons. The molecular formula is C20H23ClN2O3. The molecule has 0 bridgehead atoms. The first-order valence-corrected chi connectivity index (χ1v) is 9.76. The summed E-state index contributed by atoms with van der Waals surface area (Å²) in [5, 5.41) is 0.613. The summed E-state index contributed by atoms with van der Waals surface area (Å²) in [5.41, 5.74) is 1.81. The third kappa shape index (κ3) is 3.26. The molecule has 4 rings (SSSR count). The molecule has 0 N–H and O–H groups in total. The van der Waals surface area contributed by atoms with Crippen LogP contribution in [0.1, 0.15) is 37.7 Å². The average molecular weight is 375 g/mol. The zero-order valence-electron chi connectivity index (χ0n) is 14.7. The Labute approximate surface area is 158 Å². The van der Waals surface area contributed by atoms with Gasteiger partial charge in [0.2, 0.25) is 0 Å². The van der Waals surface area contributed by atoms with E-state index < -0.39 is 0 Å². The first-order valence-electron chi connectivity index (χ1n) is 9.38. The van der Waals surface area contributed by atoms with Crippen LogP contribution in [0.15, 0.2) is 30.0 Å². The maximum absolute atomic E-state index is 13.2. The molecule has 3 heterocycles. The lowest BCUT2D eigenvalue weighted by molar-refractivity contribution is -0.139. The Morgan fingerprint density at radius 1 is 1.00 bits per heavy atom. The standard InChI is InChI=1S/C20H23ClN2O3/c21-15-8-6-14(7-9-15)17-18(22-10-2-1-3-11-22)20(25)23(19(17)24)13-16-5-4-12-26-16/h6-9,16H,1-5,10-13H2. The Bertz CT molecular complexity index is 732. The van der Waals surface area contributed by atoms with Gasteiger partial charge in [0.15, 0.2) is 0 Å². The predicted octanol–water partition coefficient (Wildman–Crippen LogP) is 3.08. The number of rotatable bonds is 4. The van der Waals surface area contributed by atoms with Gasteiger partial charge in [0.05, 0.1) is 18.2 Å². The number of amides is 2. The van der Waals surface area contributed by atoms with E-state index in [1.54, 1.807) is 12.1 Å². The summed E-state index contributed by atoms with van der Waals surface area (Å²) >= 11 is 6.01. The first-order chi connectivity index (χ1) is 12.6. The number of carbonyl (C=O) groups excluding carboxylic acids is 2.